The van der Waals surface area contributed by atoms with Gasteiger partial charge in [0.2, 0.25) is 5.95 Å². The van der Waals surface area contributed by atoms with Crippen LogP contribution in [0.25, 0.3) is 0 Å². The van der Waals surface area contributed by atoms with Crippen LogP contribution in [0.5, 0.6) is 5.75 Å². The smallest absolute Gasteiger partial charge is 0.407 e. The molecule has 1 fully saturated rings. The summed E-state index contributed by atoms with van der Waals surface area (Å²) in [7, 11) is 0. The summed E-state index contributed by atoms with van der Waals surface area (Å²) < 4.78 is 10.9. The van der Waals surface area contributed by atoms with E-state index >= 15 is 0 Å². The van der Waals surface area contributed by atoms with E-state index in [0.29, 0.717) is 24.8 Å². The fourth-order valence-electron chi connectivity index (χ4n) is 3.36. The number of aromatic nitrogens is 2. The van der Waals surface area contributed by atoms with Gasteiger partial charge in [0.1, 0.15) is 6.10 Å². The summed E-state index contributed by atoms with van der Waals surface area (Å²) in [5.41, 5.74) is 1.31. The number of benzene rings is 1. The Hall–Kier alpha value is -2.87. The van der Waals surface area contributed by atoms with Crippen molar-refractivity contribution in [2.75, 3.05) is 31.6 Å². The molecule has 8 heteroatoms. The molecule has 0 saturated carbocycles. The normalized spacial score (nSPS) is 15.9. The van der Waals surface area contributed by atoms with E-state index in [1.54, 1.807) is 12.4 Å². The van der Waals surface area contributed by atoms with Gasteiger partial charge in [-0.15, -0.1) is 0 Å². The summed E-state index contributed by atoms with van der Waals surface area (Å²) in [6.45, 7) is 7.69. The zero-order valence-electron chi connectivity index (χ0n) is 17.7. The molecule has 8 nitrogen and oxygen atoms in total. The highest BCUT2D eigenvalue weighted by Crippen LogP contribution is 2.16. The fraction of sp³-hybridized carbons (Fsp3) is 0.500. The Morgan fingerprint density at radius 1 is 1.20 bits per heavy atom. The molecule has 0 radical (unpaired) electrons. The van der Waals surface area contributed by atoms with Crippen LogP contribution in [0.1, 0.15) is 32.3 Å². The molecule has 0 spiro atoms. The van der Waals surface area contributed by atoms with Crippen molar-refractivity contribution >= 4 is 12.0 Å². The number of likely N-dealkylation sites (tertiary alicyclic amines) is 1. The number of nitrogens with one attached hydrogen (secondary N) is 2. The van der Waals surface area contributed by atoms with Crippen molar-refractivity contribution in [2.24, 2.45) is 0 Å². The van der Waals surface area contributed by atoms with Crippen molar-refractivity contribution < 1.29 is 14.3 Å². The van der Waals surface area contributed by atoms with Gasteiger partial charge in [-0.3, -0.25) is 4.90 Å². The molecule has 1 aliphatic heterocycles. The van der Waals surface area contributed by atoms with E-state index in [4.69, 9.17) is 9.47 Å². The number of anilines is 1. The number of nitrogens with zero attached hydrogens (tertiary/aromatic N) is 3. The van der Waals surface area contributed by atoms with Crippen LogP contribution in [-0.2, 0) is 11.3 Å². The van der Waals surface area contributed by atoms with Crippen LogP contribution >= 0.6 is 0 Å². The largest absolute Gasteiger partial charge is 0.491 e. The molecule has 162 valence electrons. The Bertz CT molecular complexity index is 764. The molecule has 0 bridgehead atoms. The van der Waals surface area contributed by atoms with Gasteiger partial charge in [0.15, 0.2) is 5.75 Å². The molecular formula is C22H31N5O3. The van der Waals surface area contributed by atoms with Crippen molar-refractivity contribution in [1.29, 1.82) is 0 Å². The first-order valence-corrected chi connectivity index (χ1v) is 10.5. The minimum Gasteiger partial charge on any atom is -0.491 e. The van der Waals surface area contributed by atoms with Gasteiger partial charge in [-0.2, -0.15) is 0 Å². The molecule has 2 aromatic rings. The fourth-order valence-corrected chi connectivity index (χ4v) is 3.36. The van der Waals surface area contributed by atoms with Crippen LogP contribution in [0, 0.1) is 0 Å². The molecule has 0 unspecified atom stereocenters. The Morgan fingerprint density at radius 2 is 1.90 bits per heavy atom. The Labute approximate surface area is 178 Å². The molecule has 0 aliphatic carbocycles. The van der Waals surface area contributed by atoms with Crippen molar-refractivity contribution in [1.82, 2.24) is 20.2 Å². The molecule has 1 aromatic heterocycles. The summed E-state index contributed by atoms with van der Waals surface area (Å²) in [5, 5.41) is 5.96. The number of alkyl carbamates (subject to hydrolysis) is 1. The summed E-state index contributed by atoms with van der Waals surface area (Å²) in [5.74, 6) is 1.12. The standard InChI is InChI=1S/C22H31N5O3/c1-3-29-20-14-24-21(25-15-20)23-13-17(2)26-22(28)30-19-9-11-27(12-10-19)16-18-7-5-4-6-8-18/h4-8,14-15,17,19H,3,9-13,16H2,1-2H3,(H,26,28)(H,23,24,25)/t17-/m1/s1. The highest BCUT2D eigenvalue weighted by atomic mass is 16.6. The third-order valence-corrected chi connectivity index (χ3v) is 4.93. The highest BCUT2D eigenvalue weighted by molar-refractivity contribution is 5.67. The summed E-state index contributed by atoms with van der Waals surface area (Å²) in [6.07, 6.45) is 4.54. The van der Waals surface area contributed by atoms with Crippen molar-refractivity contribution in [3.8, 4) is 5.75 Å². The van der Waals surface area contributed by atoms with E-state index < -0.39 is 0 Å². The molecule has 1 aliphatic rings. The van der Waals surface area contributed by atoms with Crippen LogP contribution < -0.4 is 15.4 Å². The number of carbonyl (C=O) groups is 1. The third kappa shape index (κ3) is 7.18. The van der Waals surface area contributed by atoms with E-state index in [-0.39, 0.29) is 18.2 Å². The van der Waals surface area contributed by atoms with Gasteiger partial charge in [-0.1, -0.05) is 30.3 Å². The number of rotatable bonds is 9. The van der Waals surface area contributed by atoms with Crippen LogP contribution in [0.2, 0.25) is 0 Å². The van der Waals surface area contributed by atoms with Gasteiger partial charge in [-0.05, 0) is 32.3 Å². The summed E-state index contributed by atoms with van der Waals surface area (Å²) in [4.78, 5) is 23.0. The molecule has 1 atom stereocenters. The van der Waals surface area contributed by atoms with Crippen molar-refractivity contribution in [3.63, 3.8) is 0 Å². The average molecular weight is 414 g/mol. The number of hydrogen-bond donors (Lipinski definition) is 2. The Morgan fingerprint density at radius 3 is 2.57 bits per heavy atom. The summed E-state index contributed by atoms with van der Waals surface area (Å²) in [6, 6.07) is 10.3. The number of piperidine rings is 1. The first kappa shape index (κ1) is 21.8. The second kappa shape index (κ2) is 11.3. The topological polar surface area (TPSA) is 88.6 Å². The predicted molar refractivity (Wildman–Crippen MR) is 116 cm³/mol. The molecule has 1 amide bonds. The van der Waals surface area contributed by atoms with Crippen molar-refractivity contribution in [2.45, 2.75) is 45.4 Å². The molecule has 3 rings (SSSR count). The zero-order valence-corrected chi connectivity index (χ0v) is 17.7. The Kier molecular flexibility index (Phi) is 8.26. The van der Waals surface area contributed by atoms with Crippen molar-refractivity contribution in [3.05, 3.63) is 48.3 Å². The molecule has 1 saturated heterocycles. The van der Waals surface area contributed by atoms with E-state index in [1.165, 1.54) is 5.56 Å². The number of hydrogen-bond acceptors (Lipinski definition) is 7. The lowest BCUT2D eigenvalue weighted by molar-refractivity contribution is 0.0475. The lowest BCUT2D eigenvalue weighted by Gasteiger charge is -2.31. The molecule has 30 heavy (non-hydrogen) atoms. The van der Waals surface area contributed by atoms with Crippen LogP contribution in [-0.4, -0.2) is 59.3 Å². The number of carbonyl (C=O) groups excluding carboxylic acids is 1. The molecule has 1 aromatic carbocycles. The number of amides is 1. The first-order chi connectivity index (χ1) is 14.6. The zero-order chi connectivity index (χ0) is 21.2. The quantitative estimate of drug-likeness (QED) is 0.653. The van der Waals surface area contributed by atoms with E-state index in [0.717, 1.165) is 32.5 Å². The van der Waals surface area contributed by atoms with Crippen LogP contribution in [0.3, 0.4) is 0 Å². The molecular weight excluding hydrogens is 382 g/mol. The number of ether oxygens (including phenoxy) is 2. The predicted octanol–water partition coefficient (Wildman–Crippen LogP) is 3.07. The Balaban J connectivity index is 1.32. The summed E-state index contributed by atoms with van der Waals surface area (Å²) >= 11 is 0. The van der Waals surface area contributed by atoms with Gasteiger partial charge in [0.05, 0.1) is 19.0 Å². The second-order valence-electron chi connectivity index (χ2n) is 7.47. The lowest BCUT2D eigenvalue weighted by atomic mass is 10.1. The van der Waals surface area contributed by atoms with Gasteiger partial charge < -0.3 is 20.1 Å². The van der Waals surface area contributed by atoms with Gasteiger partial charge in [0, 0.05) is 32.2 Å². The minimum absolute atomic E-state index is 0.0355. The van der Waals surface area contributed by atoms with Gasteiger partial charge in [-0.25, -0.2) is 14.8 Å². The van der Waals surface area contributed by atoms with E-state index in [9.17, 15) is 4.79 Å². The maximum Gasteiger partial charge on any atom is 0.407 e. The van der Waals surface area contributed by atoms with E-state index in [2.05, 4.69) is 49.8 Å². The molecule has 2 heterocycles. The lowest BCUT2D eigenvalue weighted by Crippen LogP contribution is -2.42. The highest BCUT2D eigenvalue weighted by Gasteiger charge is 2.22. The minimum atomic E-state index is -0.376. The van der Waals surface area contributed by atoms with E-state index in [1.807, 2.05) is 19.9 Å². The monoisotopic (exact) mass is 413 g/mol. The van der Waals surface area contributed by atoms with Gasteiger partial charge >= 0.3 is 6.09 Å². The second-order valence-corrected chi connectivity index (χ2v) is 7.47. The maximum atomic E-state index is 12.2. The first-order valence-electron chi connectivity index (χ1n) is 10.5. The molecule has 2 N–H and O–H groups in total. The average Bonchev–Trinajstić information content (AvgIpc) is 2.75. The van der Waals surface area contributed by atoms with Crippen LogP contribution in [0.15, 0.2) is 42.7 Å². The third-order valence-electron chi connectivity index (χ3n) is 4.93. The maximum absolute atomic E-state index is 12.2. The SMILES string of the molecule is CCOc1cnc(NC[C@@H](C)NC(=O)OC2CCN(Cc3ccccc3)CC2)nc1. The van der Waals surface area contributed by atoms with Crippen LogP contribution in [0.4, 0.5) is 10.7 Å². The van der Waals surface area contributed by atoms with Gasteiger partial charge in [0.25, 0.3) is 0 Å².